The van der Waals surface area contributed by atoms with Crippen molar-refractivity contribution in [3.05, 3.63) is 65.5 Å². The summed E-state index contributed by atoms with van der Waals surface area (Å²) in [6, 6.07) is 9.88. The highest BCUT2D eigenvalue weighted by Gasteiger charge is 2.45. The number of hydrogen-bond donors (Lipinski definition) is 0. The summed E-state index contributed by atoms with van der Waals surface area (Å²) in [5, 5.41) is 0. The van der Waals surface area contributed by atoms with Crippen molar-refractivity contribution < 1.29 is 22.4 Å². The van der Waals surface area contributed by atoms with Gasteiger partial charge in [0.15, 0.2) is 0 Å². The van der Waals surface area contributed by atoms with Crippen molar-refractivity contribution >= 4 is 21.8 Å². The Kier molecular flexibility index (Phi) is 2.87. The Labute approximate surface area is 119 Å². The van der Waals surface area contributed by atoms with Gasteiger partial charge in [-0.15, -0.1) is 0 Å². The van der Waals surface area contributed by atoms with E-state index in [9.17, 15) is 22.4 Å². The zero-order chi connectivity index (χ0) is 15.2. The van der Waals surface area contributed by atoms with Gasteiger partial charge in [0.25, 0.3) is 21.8 Å². The molecule has 0 aliphatic carbocycles. The minimum absolute atomic E-state index is 0.0482. The SMILES string of the molecule is O=C(c1ccc(F)cc1)N1C(=O)c2ccccc2S1(=O)=O. The number of carbonyl (C=O) groups is 2. The van der Waals surface area contributed by atoms with E-state index in [0.717, 1.165) is 24.3 Å². The molecule has 0 aromatic heterocycles. The van der Waals surface area contributed by atoms with Crippen LogP contribution in [0, 0.1) is 5.82 Å². The predicted octanol–water partition coefficient (Wildman–Crippen LogP) is 1.81. The van der Waals surface area contributed by atoms with Gasteiger partial charge in [0.05, 0.1) is 5.56 Å². The van der Waals surface area contributed by atoms with Gasteiger partial charge in [-0.05, 0) is 36.4 Å². The summed E-state index contributed by atoms with van der Waals surface area (Å²) in [6.07, 6.45) is 0. The molecule has 0 saturated carbocycles. The number of hydrogen-bond acceptors (Lipinski definition) is 4. The summed E-state index contributed by atoms with van der Waals surface area (Å²) < 4.78 is 37.6. The molecule has 1 aliphatic heterocycles. The smallest absolute Gasteiger partial charge is 0.267 e. The van der Waals surface area contributed by atoms with Crippen LogP contribution in [0.15, 0.2) is 53.4 Å². The van der Waals surface area contributed by atoms with Crippen LogP contribution in [-0.2, 0) is 10.0 Å². The number of nitrogens with zero attached hydrogens (tertiary/aromatic N) is 1. The van der Waals surface area contributed by atoms with E-state index in [1.165, 1.54) is 24.3 Å². The second-order valence-electron chi connectivity index (χ2n) is 4.38. The van der Waals surface area contributed by atoms with Gasteiger partial charge in [-0.1, -0.05) is 12.1 Å². The average Bonchev–Trinajstić information content (AvgIpc) is 2.67. The van der Waals surface area contributed by atoms with E-state index in [2.05, 4.69) is 0 Å². The molecule has 0 spiro atoms. The van der Waals surface area contributed by atoms with Crippen LogP contribution in [0.1, 0.15) is 20.7 Å². The van der Waals surface area contributed by atoms with Gasteiger partial charge in [0, 0.05) is 5.56 Å². The molecule has 0 N–H and O–H groups in total. The van der Waals surface area contributed by atoms with Crippen LogP contribution in [0.25, 0.3) is 0 Å². The van der Waals surface area contributed by atoms with Crippen molar-refractivity contribution in [3.8, 4) is 0 Å². The molecule has 106 valence electrons. The summed E-state index contributed by atoms with van der Waals surface area (Å²) in [5.41, 5.74) is -0.130. The van der Waals surface area contributed by atoms with Crippen molar-refractivity contribution in [2.24, 2.45) is 0 Å². The number of imide groups is 1. The van der Waals surface area contributed by atoms with Crippen molar-refractivity contribution in [2.75, 3.05) is 0 Å². The average molecular weight is 305 g/mol. The molecule has 0 saturated heterocycles. The number of rotatable bonds is 1. The van der Waals surface area contributed by atoms with Gasteiger partial charge in [0.2, 0.25) is 0 Å². The number of amides is 2. The fraction of sp³-hybridized carbons (Fsp3) is 0. The molecule has 0 bridgehead atoms. The van der Waals surface area contributed by atoms with Crippen molar-refractivity contribution in [1.29, 1.82) is 0 Å². The lowest BCUT2D eigenvalue weighted by atomic mass is 10.2. The van der Waals surface area contributed by atoms with Crippen LogP contribution >= 0.6 is 0 Å². The van der Waals surface area contributed by atoms with Crippen molar-refractivity contribution in [1.82, 2.24) is 4.31 Å². The molecule has 0 atom stereocenters. The summed E-state index contributed by atoms with van der Waals surface area (Å²) >= 11 is 0. The van der Waals surface area contributed by atoms with Gasteiger partial charge in [-0.25, -0.2) is 12.8 Å². The van der Waals surface area contributed by atoms with E-state index in [1.54, 1.807) is 0 Å². The fourth-order valence-corrected chi connectivity index (χ4v) is 3.62. The van der Waals surface area contributed by atoms with E-state index >= 15 is 0 Å². The molecular formula is C14H8FNO4S. The Balaban J connectivity index is 2.11. The maximum Gasteiger partial charge on any atom is 0.276 e. The van der Waals surface area contributed by atoms with E-state index < -0.39 is 27.7 Å². The Morgan fingerprint density at radius 1 is 1.00 bits per heavy atom. The number of fused-ring (bicyclic) bond motifs is 1. The normalized spacial score (nSPS) is 15.9. The molecule has 0 unspecified atom stereocenters. The molecule has 21 heavy (non-hydrogen) atoms. The quantitative estimate of drug-likeness (QED) is 0.753. The molecule has 7 heteroatoms. The summed E-state index contributed by atoms with van der Waals surface area (Å²) in [6.45, 7) is 0. The summed E-state index contributed by atoms with van der Waals surface area (Å²) in [5.74, 6) is -2.47. The number of benzene rings is 2. The van der Waals surface area contributed by atoms with Gasteiger partial charge in [-0.2, -0.15) is 4.31 Å². The van der Waals surface area contributed by atoms with E-state index in [1.807, 2.05) is 0 Å². The summed E-state index contributed by atoms with van der Waals surface area (Å²) in [7, 11) is -4.21. The van der Waals surface area contributed by atoms with Gasteiger partial charge in [-0.3, -0.25) is 9.59 Å². The standard InChI is InChI=1S/C14H8FNO4S/c15-10-7-5-9(6-8-10)13(17)16-14(18)11-3-1-2-4-12(11)21(16,19)20/h1-8H. The molecule has 2 amide bonds. The molecular weight excluding hydrogens is 297 g/mol. The zero-order valence-electron chi connectivity index (χ0n) is 10.5. The highest BCUT2D eigenvalue weighted by Crippen LogP contribution is 2.31. The molecule has 1 aliphatic rings. The maximum absolute atomic E-state index is 12.9. The Hall–Kier alpha value is -2.54. The minimum atomic E-state index is -4.21. The fourth-order valence-electron chi connectivity index (χ4n) is 2.10. The first-order valence-corrected chi connectivity index (χ1v) is 7.35. The van der Waals surface area contributed by atoms with E-state index in [0.29, 0.717) is 0 Å². The van der Waals surface area contributed by atoms with E-state index in [-0.39, 0.29) is 20.3 Å². The largest absolute Gasteiger partial charge is 0.276 e. The Bertz CT molecular complexity index is 859. The van der Waals surface area contributed by atoms with Crippen molar-refractivity contribution in [2.45, 2.75) is 4.90 Å². The van der Waals surface area contributed by atoms with Crippen LogP contribution < -0.4 is 0 Å². The lowest BCUT2D eigenvalue weighted by Gasteiger charge is -2.12. The number of carbonyl (C=O) groups excluding carboxylic acids is 2. The molecule has 5 nitrogen and oxygen atoms in total. The minimum Gasteiger partial charge on any atom is -0.267 e. The highest BCUT2D eigenvalue weighted by molar-refractivity contribution is 7.90. The lowest BCUT2D eigenvalue weighted by Crippen LogP contribution is -2.36. The monoisotopic (exact) mass is 305 g/mol. The first-order valence-electron chi connectivity index (χ1n) is 5.91. The third-order valence-corrected chi connectivity index (χ3v) is 4.82. The molecule has 2 aromatic rings. The predicted molar refractivity (Wildman–Crippen MR) is 70.5 cm³/mol. The lowest BCUT2D eigenvalue weighted by molar-refractivity contribution is 0.0740. The van der Waals surface area contributed by atoms with E-state index in [4.69, 9.17) is 0 Å². The Morgan fingerprint density at radius 2 is 1.62 bits per heavy atom. The first-order chi connectivity index (χ1) is 9.93. The molecule has 2 aromatic carbocycles. The van der Waals surface area contributed by atoms with Crippen LogP contribution in [0.4, 0.5) is 4.39 Å². The molecule has 3 rings (SSSR count). The topological polar surface area (TPSA) is 71.5 Å². The third-order valence-electron chi connectivity index (χ3n) is 3.10. The molecule has 0 radical (unpaired) electrons. The second-order valence-corrected chi connectivity index (χ2v) is 6.14. The zero-order valence-corrected chi connectivity index (χ0v) is 11.3. The van der Waals surface area contributed by atoms with Crippen LogP contribution in [0.3, 0.4) is 0 Å². The van der Waals surface area contributed by atoms with Gasteiger partial charge >= 0.3 is 0 Å². The molecule has 0 fully saturated rings. The second kappa shape index (κ2) is 4.49. The summed E-state index contributed by atoms with van der Waals surface area (Å²) in [4.78, 5) is 24.2. The Morgan fingerprint density at radius 3 is 2.24 bits per heavy atom. The first kappa shape index (κ1) is 13.4. The van der Waals surface area contributed by atoms with Crippen molar-refractivity contribution in [3.63, 3.8) is 0 Å². The van der Waals surface area contributed by atoms with Gasteiger partial charge in [0.1, 0.15) is 10.7 Å². The van der Waals surface area contributed by atoms with Crippen LogP contribution in [0.2, 0.25) is 0 Å². The highest BCUT2D eigenvalue weighted by atomic mass is 32.2. The van der Waals surface area contributed by atoms with Gasteiger partial charge < -0.3 is 0 Å². The molecule has 1 heterocycles. The maximum atomic E-state index is 12.9. The van der Waals surface area contributed by atoms with Crippen LogP contribution in [-0.4, -0.2) is 24.5 Å². The van der Waals surface area contributed by atoms with Crippen LogP contribution in [0.5, 0.6) is 0 Å². The number of sulfonamides is 1. The third kappa shape index (κ3) is 1.93. The number of halogens is 1.